The minimum absolute atomic E-state index is 0.0810. The molecule has 2 aromatic carbocycles. The maximum absolute atomic E-state index is 14.4. The number of fused-ring (bicyclic) bond motifs is 1. The molecule has 1 aliphatic rings. The van der Waals surface area contributed by atoms with Crippen molar-refractivity contribution in [3.63, 3.8) is 0 Å². The van der Waals surface area contributed by atoms with Crippen molar-refractivity contribution < 1.29 is 13.2 Å². The van der Waals surface area contributed by atoms with Crippen molar-refractivity contribution in [2.45, 2.75) is 25.8 Å². The summed E-state index contributed by atoms with van der Waals surface area (Å²) >= 11 is 0. The Hall–Kier alpha value is -3.85. The average molecular weight is 479 g/mol. The number of aryl methyl sites for hydroxylation is 1. The van der Waals surface area contributed by atoms with Crippen LogP contribution >= 0.6 is 0 Å². The standard InChI is InChI=1S/C26H25F3N6/c1-3-35-22-12-20(29)19(28)11-21(22)33-26(35)23-24(34-6-4-17(30)5-7-34)18(13-32-25(23)31)15-8-14(2)9-16(27)10-15/h3,8-13,17H,1,4-7,30H2,2H3,(H2,31,32). The van der Waals surface area contributed by atoms with E-state index in [1.54, 1.807) is 10.8 Å². The van der Waals surface area contributed by atoms with Gasteiger partial charge in [0.2, 0.25) is 0 Å². The molecule has 2 aromatic heterocycles. The zero-order valence-electron chi connectivity index (χ0n) is 19.2. The van der Waals surface area contributed by atoms with Crippen molar-refractivity contribution in [3.8, 4) is 22.5 Å². The fourth-order valence-corrected chi connectivity index (χ4v) is 4.74. The first kappa shape index (κ1) is 22.9. The second-order valence-electron chi connectivity index (χ2n) is 8.87. The second-order valence-corrected chi connectivity index (χ2v) is 8.87. The molecule has 1 fully saturated rings. The minimum atomic E-state index is -1.00. The molecule has 180 valence electrons. The second kappa shape index (κ2) is 8.74. The van der Waals surface area contributed by atoms with E-state index in [0.717, 1.165) is 30.5 Å². The number of pyridine rings is 1. The van der Waals surface area contributed by atoms with Gasteiger partial charge in [-0.25, -0.2) is 23.1 Å². The molecule has 0 radical (unpaired) electrons. The summed E-state index contributed by atoms with van der Waals surface area (Å²) in [6, 6.07) is 6.97. The van der Waals surface area contributed by atoms with Gasteiger partial charge in [0.1, 0.15) is 11.6 Å². The Morgan fingerprint density at radius 3 is 2.46 bits per heavy atom. The lowest BCUT2D eigenvalue weighted by molar-refractivity contribution is 0.501. The normalized spacial score (nSPS) is 14.6. The number of nitrogens with zero attached hydrogens (tertiary/aromatic N) is 4. The van der Waals surface area contributed by atoms with Gasteiger partial charge in [0.15, 0.2) is 17.5 Å². The average Bonchev–Trinajstić information content (AvgIpc) is 3.15. The van der Waals surface area contributed by atoms with Crippen LogP contribution in [0.25, 0.3) is 39.7 Å². The number of halogens is 3. The van der Waals surface area contributed by atoms with Crippen LogP contribution in [0.4, 0.5) is 24.7 Å². The number of benzene rings is 2. The van der Waals surface area contributed by atoms with Crippen molar-refractivity contribution in [1.82, 2.24) is 14.5 Å². The smallest absolute Gasteiger partial charge is 0.161 e. The Morgan fingerprint density at radius 2 is 1.77 bits per heavy atom. The molecule has 0 atom stereocenters. The quantitative estimate of drug-likeness (QED) is 0.426. The van der Waals surface area contributed by atoms with Crippen molar-refractivity contribution in [2.75, 3.05) is 23.7 Å². The maximum Gasteiger partial charge on any atom is 0.161 e. The number of anilines is 2. The summed E-state index contributed by atoms with van der Waals surface area (Å²) in [6.07, 6.45) is 4.61. The maximum atomic E-state index is 14.4. The SMILES string of the molecule is C=Cn1c(-c2c(N)ncc(-c3cc(C)cc(F)c3)c2N2CCC(N)CC2)nc2cc(F)c(F)cc21. The Balaban J connectivity index is 1.83. The Bertz CT molecular complexity index is 1430. The third kappa shape index (κ3) is 4.01. The van der Waals surface area contributed by atoms with E-state index in [-0.39, 0.29) is 23.2 Å². The highest BCUT2D eigenvalue weighted by molar-refractivity contribution is 5.96. The number of hydrogen-bond donors (Lipinski definition) is 2. The lowest BCUT2D eigenvalue weighted by atomic mass is 9.96. The number of hydrogen-bond acceptors (Lipinski definition) is 5. The highest BCUT2D eigenvalue weighted by Gasteiger charge is 2.28. The summed E-state index contributed by atoms with van der Waals surface area (Å²) in [6.45, 7) is 6.96. The van der Waals surface area contributed by atoms with Crippen LogP contribution in [-0.2, 0) is 0 Å². The summed E-state index contributed by atoms with van der Waals surface area (Å²) < 4.78 is 44.0. The van der Waals surface area contributed by atoms with Crippen LogP contribution in [0, 0.1) is 24.4 Å². The van der Waals surface area contributed by atoms with E-state index in [2.05, 4.69) is 21.4 Å². The summed E-state index contributed by atoms with van der Waals surface area (Å²) in [7, 11) is 0. The number of rotatable bonds is 4. The molecular weight excluding hydrogens is 453 g/mol. The molecule has 0 unspecified atom stereocenters. The first-order valence-corrected chi connectivity index (χ1v) is 11.3. The number of nitrogen functional groups attached to an aromatic ring is 1. The van der Waals surface area contributed by atoms with Gasteiger partial charge in [0.25, 0.3) is 0 Å². The van der Waals surface area contributed by atoms with Crippen LogP contribution in [0.3, 0.4) is 0 Å². The van der Waals surface area contributed by atoms with Gasteiger partial charge in [-0.15, -0.1) is 0 Å². The Kier molecular flexibility index (Phi) is 5.72. The molecule has 3 heterocycles. The molecule has 0 bridgehead atoms. The zero-order valence-corrected chi connectivity index (χ0v) is 19.2. The monoisotopic (exact) mass is 478 g/mol. The summed E-state index contributed by atoms with van der Waals surface area (Å²) in [4.78, 5) is 11.1. The van der Waals surface area contributed by atoms with Crippen LogP contribution < -0.4 is 16.4 Å². The van der Waals surface area contributed by atoms with Crippen molar-refractivity contribution in [3.05, 3.63) is 66.1 Å². The molecule has 0 spiro atoms. The van der Waals surface area contributed by atoms with E-state index in [0.29, 0.717) is 46.8 Å². The number of aromatic nitrogens is 3. The fraction of sp³-hybridized carbons (Fsp3) is 0.231. The molecule has 0 saturated carbocycles. The Morgan fingerprint density at radius 1 is 1.06 bits per heavy atom. The molecule has 0 aliphatic carbocycles. The molecule has 4 N–H and O–H groups in total. The first-order valence-electron chi connectivity index (χ1n) is 11.3. The molecule has 1 aliphatic heterocycles. The van der Waals surface area contributed by atoms with Crippen LogP contribution in [0.5, 0.6) is 0 Å². The molecule has 5 rings (SSSR count). The number of imidazole rings is 1. The van der Waals surface area contributed by atoms with Crippen LogP contribution in [0.15, 0.2) is 43.1 Å². The Labute approximate surface area is 200 Å². The van der Waals surface area contributed by atoms with Crippen molar-refractivity contribution in [1.29, 1.82) is 0 Å². The predicted octanol–water partition coefficient (Wildman–Crippen LogP) is 5.10. The molecule has 1 saturated heterocycles. The summed E-state index contributed by atoms with van der Waals surface area (Å²) in [5.41, 5.74) is 16.4. The molecule has 9 heteroatoms. The fourth-order valence-electron chi connectivity index (χ4n) is 4.74. The lowest BCUT2D eigenvalue weighted by Crippen LogP contribution is -2.40. The lowest BCUT2D eigenvalue weighted by Gasteiger charge is -2.35. The van der Waals surface area contributed by atoms with Gasteiger partial charge in [-0.05, 0) is 43.0 Å². The molecule has 35 heavy (non-hydrogen) atoms. The number of nitrogens with two attached hydrogens (primary N) is 2. The van der Waals surface area contributed by atoms with Gasteiger partial charge >= 0.3 is 0 Å². The molecule has 6 nitrogen and oxygen atoms in total. The van der Waals surface area contributed by atoms with Crippen LogP contribution in [0.2, 0.25) is 0 Å². The molecule has 4 aromatic rings. The predicted molar refractivity (Wildman–Crippen MR) is 133 cm³/mol. The zero-order chi connectivity index (χ0) is 24.9. The summed E-state index contributed by atoms with van der Waals surface area (Å²) in [5.74, 6) is -1.84. The van der Waals surface area contributed by atoms with Crippen LogP contribution in [-0.4, -0.2) is 33.7 Å². The van der Waals surface area contributed by atoms with Gasteiger partial charge < -0.3 is 16.4 Å². The van der Waals surface area contributed by atoms with Gasteiger partial charge in [-0.2, -0.15) is 0 Å². The van der Waals surface area contributed by atoms with E-state index < -0.39 is 11.6 Å². The van der Waals surface area contributed by atoms with Gasteiger partial charge in [0, 0.05) is 49.2 Å². The third-order valence-corrected chi connectivity index (χ3v) is 6.43. The van der Waals surface area contributed by atoms with E-state index >= 15 is 0 Å². The van der Waals surface area contributed by atoms with Gasteiger partial charge in [-0.1, -0.05) is 12.6 Å². The van der Waals surface area contributed by atoms with Crippen molar-refractivity contribution >= 4 is 28.7 Å². The first-order chi connectivity index (χ1) is 16.8. The van der Waals surface area contributed by atoms with E-state index in [9.17, 15) is 13.2 Å². The molecule has 0 amide bonds. The van der Waals surface area contributed by atoms with Crippen molar-refractivity contribution in [2.24, 2.45) is 5.73 Å². The summed E-state index contributed by atoms with van der Waals surface area (Å²) in [5, 5.41) is 0. The molecular formula is C26H25F3N6. The topological polar surface area (TPSA) is 86.0 Å². The van der Waals surface area contributed by atoms with E-state index in [1.807, 2.05) is 13.0 Å². The minimum Gasteiger partial charge on any atom is -0.383 e. The van der Waals surface area contributed by atoms with Gasteiger partial charge in [0.05, 0.1) is 22.3 Å². The van der Waals surface area contributed by atoms with E-state index in [1.165, 1.54) is 18.3 Å². The highest BCUT2D eigenvalue weighted by Crippen LogP contribution is 2.44. The van der Waals surface area contributed by atoms with Gasteiger partial charge in [-0.3, -0.25) is 4.57 Å². The third-order valence-electron chi connectivity index (χ3n) is 6.43. The highest BCUT2D eigenvalue weighted by atomic mass is 19.2. The van der Waals surface area contributed by atoms with E-state index in [4.69, 9.17) is 11.5 Å². The number of piperidine rings is 1. The van der Waals surface area contributed by atoms with Crippen LogP contribution in [0.1, 0.15) is 18.4 Å². The largest absolute Gasteiger partial charge is 0.383 e.